The number of hydrogen-bond acceptors (Lipinski definition) is 3. The van der Waals surface area contributed by atoms with Gasteiger partial charge < -0.3 is 10.6 Å². The minimum Gasteiger partial charge on any atom is -0.358 e. The van der Waals surface area contributed by atoms with Crippen molar-refractivity contribution in [1.82, 2.24) is 15.5 Å². The Kier molecular flexibility index (Phi) is 6.03. The van der Waals surface area contributed by atoms with Gasteiger partial charge in [0.2, 0.25) is 5.91 Å². The maximum absolute atomic E-state index is 11.4. The highest BCUT2D eigenvalue weighted by Crippen LogP contribution is 2.19. The van der Waals surface area contributed by atoms with Crippen LogP contribution in [0.4, 0.5) is 0 Å². The van der Waals surface area contributed by atoms with E-state index >= 15 is 0 Å². The second-order valence-corrected chi connectivity index (χ2v) is 6.10. The first kappa shape index (κ1) is 16.3. The van der Waals surface area contributed by atoms with Crippen molar-refractivity contribution in [3.8, 4) is 0 Å². The average Bonchev–Trinajstić information content (AvgIpc) is 2.49. The van der Waals surface area contributed by atoms with Crippen molar-refractivity contribution in [3.63, 3.8) is 0 Å². The van der Waals surface area contributed by atoms with Crippen LogP contribution in [0, 0.1) is 0 Å². The SMILES string of the molecule is CNC(=O)CN1CCC(NC(C)c2ccc(Cl)cc2)CC1. The summed E-state index contributed by atoms with van der Waals surface area (Å²) in [5.74, 6) is 0.0935. The molecule has 21 heavy (non-hydrogen) atoms. The van der Waals surface area contributed by atoms with E-state index in [4.69, 9.17) is 11.6 Å². The van der Waals surface area contributed by atoms with Crippen molar-refractivity contribution in [1.29, 1.82) is 0 Å². The number of carbonyl (C=O) groups is 1. The molecule has 5 heteroatoms. The second kappa shape index (κ2) is 7.78. The van der Waals surface area contributed by atoms with Gasteiger partial charge >= 0.3 is 0 Å². The zero-order valence-corrected chi connectivity index (χ0v) is 13.5. The Morgan fingerprint density at radius 2 is 1.95 bits per heavy atom. The van der Waals surface area contributed by atoms with Gasteiger partial charge in [0.1, 0.15) is 0 Å². The third kappa shape index (κ3) is 4.99. The average molecular weight is 310 g/mol. The predicted molar refractivity (Wildman–Crippen MR) is 86.5 cm³/mol. The van der Waals surface area contributed by atoms with Gasteiger partial charge in [-0.1, -0.05) is 23.7 Å². The first-order chi connectivity index (χ1) is 10.1. The number of nitrogens with one attached hydrogen (secondary N) is 2. The van der Waals surface area contributed by atoms with Gasteiger partial charge in [-0.15, -0.1) is 0 Å². The lowest BCUT2D eigenvalue weighted by Gasteiger charge is -2.33. The summed E-state index contributed by atoms with van der Waals surface area (Å²) in [6.07, 6.45) is 2.16. The maximum atomic E-state index is 11.4. The number of halogens is 1. The van der Waals surface area contributed by atoms with E-state index in [9.17, 15) is 4.79 Å². The molecule has 1 atom stereocenters. The summed E-state index contributed by atoms with van der Waals surface area (Å²) in [6.45, 7) is 4.63. The van der Waals surface area contributed by atoms with Crippen LogP contribution in [0.5, 0.6) is 0 Å². The quantitative estimate of drug-likeness (QED) is 0.876. The summed E-state index contributed by atoms with van der Waals surface area (Å²) < 4.78 is 0. The van der Waals surface area contributed by atoms with Gasteiger partial charge in [0.05, 0.1) is 6.54 Å². The fraction of sp³-hybridized carbons (Fsp3) is 0.562. The maximum Gasteiger partial charge on any atom is 0.233 e. The van der Waals surface area contributed by atoms with Gasteiger partial charge in [-0.05, 0) is 37.5 Å². The van der Waals surface area contributed by atoms with Crippen molar-refractivity contribution in [2.24, 2.45) is 0 Å². The van der Waals surface area contributed by atoms with Crippen LogP contribution in [0.2, 0.25) is 5.02 Å². The van der Waals surface area contributed by atoms with Gasteiger partial charge in [-0.25, -0.2) is 0 Å². The molecule has 1 aromatic carbocycles. The predicted octanol–water partition coefficient (Wildman–Crippen LogP) is 2.20. The van der Waals surface area contributed by atoms with E-state index in [-0.39, 0.29) is 5.91 Å². The molecule has 4 nitrogen and oxygen atoms in total. The molecule has 1 unspecified atom stereocenters. The van der Waals surface area contributed by atoms with Crippen LogP contribution < -0.4 is 10.6 Å². The standard InChI is InChI=1S/C16H24ClN3O/c1-12(13-3-5-14(17)6-4-13)19-15-7-9-20(10-8-15)11-16(21)18-2/h3-6,12,15,19H,7-11H2,1-2H3,(H,18,21). The normalized spacial score (nSPS) is 18.4. The van der Waals surface area contributed by atoms with Crippen molar-refractivity contribution in [2.45, 2.75) is 31.8 Å². The van der Waals surface area contributed by atoms with E-state index < -0.39 is 0 Å². The number of likely N-dealkylation sites (tertiary alicyclic amines) is 1. The number of hydrogen-bond donors (Lipinski definition) is 2. The van der Waals surface area contributed by atoms with E-state index in [0.717, 1.165) is 31.0 Å². The van der Waals surface area contributed by atoms with E-state index in [0.29, 0.717) is 18.6 Å². The Balaban J connectivity index is 1.77. The summed E-state index contributed by atoms with van der Waals surface area (Å²) in [5.41, 5.74) is 1.26. The van der Waals surface area contributed by atoms with Gasteiger partial charge in [-0.2, -0.15) is 0 Å². The Morgan fingerprint density at radius 1 is 1.33 bits per heavy atom. The summed E-state index contributed by atoms with van der Waals surface area (Å²) >= 11 is 5.92. The molecule has 1 aliphatic heterocycles. The lowest BCUT2D eigenvalue weighted by Crippen LogP contribution is -2.46. The minimum atomic E-state index is 0.0935. The Hall–Kier alpha value is -1.10. The van der Waals surface area contributed by atoms with Crippen molar-refractivity contribution in [3.05, 3.63) is 34.9 Å². The molecule has 1 aliphatic rings. The van der Waals surface area contributed by atoms with Crippen molar-refractivity contribution >= 4 is 17.5 Å². The highest BCUT2D eigenvalue weighted by molar-refractivity contribution is 6.30. The first-order valence-corrected chi connectivity index (χ1v) is 7.90. The lowest BCUT2D eigenvalue weighted by molar-refractivity contribution is -0.122. The smallest absolute Gasteiger partial charge is 0.233 e. The number of benzene rings is 1. The molecule has 1 fully saturated rings. The molecule has 116 valence electrons. The van der Waals surface area contributed by atoms with Crippen LogP contribution in [-0.4, -0.2) is 43.5 Å². The highest BCUT2D eigenvalue weighted by Gasteiger charge is 2.21. The van der Waals surface area contributed by atoms with E-state index in [1.165, 1.54) is 5.56 Å². The molecule has 1 saturated heterocycles. The fourth-order valence-corrected chi connectivity index (χ4v) is 2.87. The Labute approximate surface area is 131 Å². The third-order valence-electron chi connectivity index (χ3n) is 4.09. The van der Waals surface area contributed by atoms with Crippen LogP contribution >= 0.6 is 11.6 Å². The molecule has 0 bridgehead atoms. The number of nitrogens with zero attached hydrogens (tertiary/aromatic N) is 1. The fourth-order valence-electron chi connectivity index (χ4n) is 2.74. The number of rotatable bonds is 5. The summed E-state index contributed by atoms with van der Waals surface area (Å²) in [6, 6.07) is 8.83. The zero-order chi connectivity index (χ0) is 15.2. The molecular formula is C16H24ClN3O. The van der Waals surface area contributed by atoms with Crippen molar-refractivity contribution in [2.75, 3.05) is 26.7 Å². The molecule has 0 radical (unpaired) electrons. The summed E-state index contributed by atoms with van der Waals surface area (Å²) in [4.78, 5) is 13.6. The summed E-state index contributed by atoms with van der Waals surface area (Å²) in [5, 5.41) is 7.12. The van der Waals surface area contributed by atoms with Crippen LogP contribution in [-0.2, 0) is 4.79 Å². The Bertz CT molecular complexity index is 455. The van der Waals surface area contributed by atoms with Crippen LogP contribution in [0.1, 0.15) is 31.4 Å². The molecule has 0 aromatic heterocycles. The molecule has 2 N–H and O–H groups in total. The molecular weight excluding hydrogens is 286 g/mol. The highest BCUT2D eigenvalue weighted by atomic mass is 35.5. The number of piperidine rings is 1. The summed E-state index contributed by atoms with van der Waals surface area (Å²) in [7, 11) is 1.68. The van der Waals surface area contributed by atoms with Crippen molar-refractivity contribution < 1.29 is 4.79 Å². The molecule has 2 rings (SSSR count). The number of carbonyl (C=O) groups excluding carboxylic acids is 1. The van der Waals surface area contributed by atoms with Gasteiger partial charge in [-0.3, -0.25) is 9.69 Å². The molecule has 0 saturated carbocycles. The largest absolute Gasteiger partial charge is 0.358 e. The number of amides is 1. The van der Waals surface area contributed by atoms with E-state index in [2.05, 4.69) is 34.6 Å². The van der Waals surface area contributed by atoms with Crippen LogP contribution in [0.25, 0.3) is 0 Å². The monoisotopic (exact) mass is 309 g/mol. The number of likely N-dealkylation sites (N-methyl/N-ethyl adjacent to an activating group) is 1. The molecule has 1 heterocycles. The second-order valence-electron chi connectivity index (χ2n) is 5.66. The zero-order valence-electron chi connectivity index (χ0n) is 12.7. The molecule has 1 aromatic rings. The van der Waals surface area contributed by atoms with Gasteiger partial charge in [0, 0.05) is 37.2 Å². The topological polar surface area (TPSA) is 44.4 Å². The third-order valence-corrected chi connectivity index (χ3v) is 4.34. The van der Waals surface area contributed by atoms with E-state index in [1.807, 2.05) is 12.1 Å². The Morgan fingerprint density at radius 3 is 2.52 bits per heavy atom. The van der Waals surface area contributed by atoms with Crippen LogP contribution in [0.15, 0.2) is 24.3 Å². The lowest BCUT2D eigenvalue weighted by atomic mass is 10.0. The van der Waals surface area contributed by atoms with Gasteiger partial charge in [0.15, 0.2) is 0 Å². The van der Waals surface area contributed by atoms with Gasteiger partial charge in [0.25, 0.3) is 0 Å². The van der Waals surface area contributed by atoms with E-state index in [1.54, 1.807) is 7.05 Å². The first-order valence-electron chi connectivity index (χ1n) is 7.53. The molecule has 0 spiro atoms. The van der Waals surface area contributed by atoms with Crippen LogP contribution in [0.3, 0.4) is 0 Å². The molecule has 1 amide bonds. The minimum absolute atomic E-state index is 0.0935. The molecule has 0 aliphatic carbocycles.